The second-order valence-electron chi connectivity index (χ2n) is 4.79. The van der Waals surface area contributed by atoms with E-state index in [2.05, 4.69) is 4.98 Å². The highest BCUT2D eigenvalue weighted by atomic mass is 16.6. The van der Waals surface area contributed by atoms with Gasteiger partial charge in [-0.3, -0.25) is 4.57 Å². The van der Waals surface area contributed by atoms with E-state index in [-0.39, 0.29) is 11.4 Å². The zero-order chi connectivity index (χ0) is 15.1. The number of ether oxygens (including phenoxy) is 1. The number of nitrogens with two attached hydrogens (primary N) is 1. The highest BCUT2D eigenvalue weighted by Gasteiger charge is 2.52. The molecule has 0 amide bonds. The van der Waals surface area contributed by atoms with Crippen molar-refractivity contribution in [3.8, 4) is 0 Å². The molecule has 1 fully saturated rings. The van der Waals surface area contributed by atoms with Gasteiger partial charge in [0, 0.05) is 11.8 Å². The van der Waals surface area contributed by atoms with Gasteiger partial charge in [-0.15, -0.1) is 0 Å². The van der Waals surface area contributed by atoms with Crippen molar-refractivity contribution in [2.45, 2.75) is 37.6 Å². The monoisotopic (exact) mass is 287 g/mol. The third-order valence-corrected chi connectivity index (χ3v) is 3.51. The molecule has 9 heteroatoms. The van der Waals surface area contributed by atoms with Crippen molar-refractivity contribution in [3.05, 3.63) is 22.2 Å². The lowest BCUT2D eigenvalue weighted by atomic mass is 10.0. The number of hydrogen-bond acceptors (Lipinski definition) is 8. The van der Waals surface area contributed by atoms with Crippen LogP contribution in [0.4, 0.5) is 5.82 Å². The van der Waals surface area contributed by atoms with Crippen molar-refractivity contribution < 1.29 is 25.2 Å². The fraction of sp³-hybridized carbons (Fsp3) is 0.636. The molecule has 20 heavy (non-hydrogen) atoms. The van der Waals surface area contributed by atoms with Crippen LogP contribution in [0.3, 0.4) is 0 Å². The Labute approximate surface area is 113 Å². The van der Waals surface area contributed by atoms with Gasteiger partial charge < -0.3 is 30.9 Å². The molecule has 0 radical (unpaired) electrons. The minimum absolute atomic E-state index is 0.121. The summed E-state index contributed by atoms with van der Waals surface area (Å²) in [7, 11) is 0. The van der Waals surface area contributed by atoms with Crippen molar-refractivity contribution in [1.82, 2.24) is 9.55 Å². The maximum atomic E-state index is 11.9. The topological polar surface area (TPSA) is 151 Å². The average Bonchev–Trinajstić information content (AvgIpc) is 2.64. The van der Waals surface area contributed by atoms with Crippen LogP contribution in [-0.4, -0.2) is 54.9 Å². The van der Waals surface area contributed by atoms with E-state index in [9.17, 15) is 15.0 Å². The fourth-order valence-electron chi connectivity index (χ4n) is 2.26. The Balaban J connectivity index is 2.53. The van der Waals surface area contributed by atoms with Gasteiger partial charge in [-0.1, -0.05) is 0 Å². The van der Waals surface area contributed by atoms with Crippen LogP contribution in [0.15, 0.2) is 11.0 Å². The third-order valence-electron chi connectivity index (χ3n) is 3.51. The first-order chi connectivity index (χ1) is 9.35. The molecule has 0 spiro atoms. The molecule has 0 bridgehead atoms. The molecule has 1 saturated heterocycles. The van der Waals surface area contributed by atoms with E-state index in [1.54, 1.807) is 0 Å². The summed E-state index contributed by atoms with van der Waals surface area (Å²) >= 11 is 0. The van der Waals surface area contributed by atoms with Gasteiger partial charge in [-0.25, -0.2) is 4.79 Å². The Kier molecular flexibility index (Phi) is 3.80. The number of rotatable bonds is 3. The number of aromatic nitrogens is 2. The molecule has 1 aliphatic heterocycles. The number of nitrogens with zero attached hydrogens (tertiary/aromatic N) is 2. The summed E-state index contributed by atoms with van der Waals surface area (Å²) in [6.45, 7) is 0.409. The lowest BCUT2D eigenvalue weighted by molar-refractivity contribution is -0.137. The molecule has 0 unspecified atom stereocenters. The third kappa shape index (κ3) is 2.09. The summed E-state index contributed by atoms with van der Waals surface area (Å²) < 4.78 is 6.32. The zero-order valence-corrected chi connectivity index (χ0v) is 10.8. The molecule has 0 aliphatic carbocycles. The molecule has 1 aromatic rings. The quantitative estimate of drug-likeness (QED) is 0.397. The van der Waals surface area contributed by atoms with E-state index in [0.717, 1.165) is 4.57 Å². The van der Waals surface area contributed by atoms with E-state index >= 15 is 0 Å². The lowest BCUT2D eigenvalue weighted by Crippen LogP contribution is -2.48. The first-order valence-electron chi connectivity index (χ1n) is 5.99. The SMILES string of the molecule is C[C@@]1(n2cc(CO)c(N)nc2=O)O[C@H](CO)[C@@H](O)[C@H]1O. The molecule has 2 heterocycles. The standard InChI is InChI=1S/C11H17N3O6/c1-11(8(18)7(17)6(4-16)20-11)14-2-5(3-15)9(12)13-10(14)19/h2,6-8,15-18H,3-4H2,1H3,(H2,12,13,19)/t6-,7-,8-,11-/m1/s1. The van der Waals surface area contributed by atoms with Gasteiger partial charge in [0.1, 0.15) is 24.1 Å². The molecule has 6 N–H and O–H groups in total. The van der Waals surface area contributed by atoms with Crippen molar-refractivity contribution >= 4 is 5.82 Å². The van der Waals surface area contributed by atoms with Crippen LogP contribution in [0.2, 0.25) is 0 Å². The van der Waals surface area contributed by atoms with Gasteiger partial charge in [-0.2, -0.15) is 4.98 Å². The normalized spacial score (nSPS) is 33.5. The summed E-state index contributed by atoms with van der Waals surface area (Å²) in [5.41, 5.74) is 3.25. The summed E-state index contributed by atoms with van der Waals surface area (Å²) in [6, 6.07) is 0. The average molecular weight is 287 g/mol. The van der Waals surface area contributed by atoms with Crippen LogP contribution in [0.1, 0.15) is 12.5 Å². The number of aliphatic hydroxyl groups excluding tert-OH is 4. The number of nitrogen functional groups attached to an aromatic ring is 1. The summed E-state index contributed by atoms with van der Waals surface area (Å²) in [6.07, 6.45) is -2.63. The van der Waals surface area contributed by atoms with Crippen LogP contribution in [-0.2, 0) is 17.1 Å². The van der Waals surface area contributed by atoms with Crippen LogP contribution in [0, 0.1) is 0 Å². The molecular formula is C11H17N3O6. The Morgan fingerprint density at radius 3 is 2.65 bits per heavy atom. The van der Waals surface area contributed by atoms with Gasteiger partial charge in [0.05, 0.1) is 13.2 Å². The smallest absolute Gasteiger partial charge is 0.351 e. The second kappa shape index (κ2) is 5.11. The summed E-state index contributed by atoms with van der Waals surface area (Å²) in [5.74, 6) is -0.121. The highest BCUT2D eigenvalue weighted by molar-refractivity contribution is 5.36. The van der Waals surface area contributed by atoms with E-state index in [1.165, 1.54) is 13.1 Å². The lowest BCUT2D eigenvalue weighted by Gasteiger charge is -2.30. The highest BCUT2D eigenvalue weighted by Crippen LogP contribution is 2.34. The minimum Gasteiger partial charge on any atom is -0.394 e. The Morgan fingerprint density at radius 1 is 1.50 bits per heavy atom. The summed E-state index contributed by atoms with van der Waals surface area (Å²) in [5, 5.41) is 38.1. The second-order valence-corrected chi connectivity index (χ2v) is 4.79. The molecule has 1 aliphatic rings. The summed E-state index contributed by atoms with van der Waals surface area (Å²) in [4.78, 5) is 15.4. The first-order valence-corrected chi connectivity index (χ1v) is 5.99. The van der Waals surface area contributed by atoms with E-state index < -0.39 is 42.9 Å². The maximum absolute atomic E-state index is 11.9. The van der Waals surface area contributed by atoms with Crippen molar-refractivity contribution in [1.29, 1.82) is 0 Å². The number of aliphatic hydroxyl groups is 4. The number of anilines is 1. The molecular weight excluding hydrogens is 270 g/mol. The molecule has 0 aromatic carbocycles. The van der Waals surface area contributed by atoms with Crippen LogP contribution in [0.5, 0.6) is 0 Å². The molecule has 4 atom stereocenters. The fourth-order valence-corrected chi connectivity index (χ4v) is 2.26. The van der Waals surface area contributed by atoms with Gasteiger partial charge in [0.2, 0.25) is 0 Å². The van der Waals surface area contributed by atoms with E-state index in [0.29, 0.717) is 0 Å². The molecule has 0 saturated carbocycles. The largest absolute Gasteiger partial charge is 0.394 e. The van der Waals surface area contributed by atoms with Crippen LogP contribution < -0.4 is 11.4 Å². The Bertz CT molecular complexity index is 562. The predicted octanol–water partition coefficient (Wildman–Crippen LogP) is -2.90. The number of hydrogen-bond donors (Lipinski definition) is 5. The first kappa shape index (κ1) is 14.9. The maximum Gasteiger partial charge on any atom is 0.351 e. The van der Waals surface area contributed by atoms with E-state index in [4.69, 9.17) is 20.7 Å². The zero-order valence-electron chi connectivity index (χ0n) is 10.8. The van der Waals surface area contributed by atoms with Crippen molar-refractivity contribution in [2.24, 2.45) is 0 Å². The van der Waals surface area contributed by atoms with Crippen LogP contribution >= 0.6 is 0 Å². The Hall–Kier alpha value is -1.52. The molecule has 2 rings (SSSR count). The van der Waals surface area contributed by atoms with Gasteiger partial charge in [0.15, 0.2) is 5.72 Å². The van der Waals surface area contributed by atoms with Crippen molar-refractivity contribution in [2.75, 3.05) is 12.3 Å². The van der Waals surface area contributed by atoms with Crippen molar-refractivity contribution in [3.63, 3.8) is 0 Å². The van der Waals surface area contributed by atoms with Gasteiger partial charge >= 0.3 is 5.69 Å². The van der Waals surface area contributed by atoms with Gasteiger partial charge in [0.25, 0.3) is 0 Å². The van der Waals surface area contributed by atoms with Gasteiger partial charge in [-0.05, 0) is 6.92 Å². The Morgan fingerprint density at radius 2 is 2.15 bits per heavy atom. The molecule has 1 aromatic heterocycles. The predicted molar refractivity (Wildman–Crippen MR) is 66.5 cm³/mol. The van der Waals surface area contributed by atoms with Crippen LogP contribution in [0.25, 0.3) is 0 Å². The minimum atomic E-state index is -1.62. The van der Waals surface area contributed by atoms with E-state index in [1.807, 2.05) is 0 Å². The molecule has 9 nitrogen and oxygen atoms in total. The molecule has 112 valence electrons.